The maximum atomic E-state index is 13.3. The Morgan fingerprint density at radius 3 is 2.67 bits per heavy atom. The van der Waals surface area contributed by atoms with Gasteiger partial charge in [-0.3, -0.25) is 9.78 Å². The van der Waals surface area contributed by atoms with Gasteiger partial charge in [0.25, 0.3) is 5.91 Å². The average molecular weight is 397 g/mol. The van der Waals surface area contributed by atoms with Gasteiger partial charge in [-0.25, -0.2) is 19.7 Å². The highest BCUT2D eigenvalue weighted by atomic mass is 35.5. The molecule has 9 nitrogen and oxygen atoms in total. The summed E-state index contributed by atoms with van der Waals surface area (Å²) in [6, 6.07) is 2.74. The minimum absolute atomic E-state index is 0.0490. The van der Waals surface area contributed by atoms with Crippen molar-refractivity contribution in [3.63, 3.8) is 0 Å². The zero-order valence-electron chi connectivity index (χ0n) is 21.8. The highest BCUT2D eigenvalue weighted by Gasteiger charge is 2.44. The number of likely N-dealkylation sites (N-methyl/N-ethyl adjacent to an activating group) is 1. The van der Waals surface area contributed by atoms with E-state index in [0.29, 0.717) is 0 Å². The van der Waals surface area contributed by atoms with Crippen LogP contribution in [-0.2, 0) is 4.74 Å². The number of halogens is 1. The topological polar surface area (TPSA) is 91.8 Å². The van der Waals surface area contributed by atoms with Gasteiger partial charge in [0, 0.05) is 50.1 Å². The Labute approximate surface area is 171 Å². The van der Waals surface area contributed by atoms with Crippen molar-refractivity contribution < 1.29 is 25.3 Å². The number of hydrogen-bond acceptors (Lipinski definition) is 7. The van der Waals surface area contributed by atoms with Crippen molar-refractivity contribution in [3.8, 4) is 0 Å². The molecule has 27 heavy (non-hydrogen) atoms. The van der Waals surface area contributed by atoms with Crippen LogP contribution in [0.1, 0.15) is 33.4 Å². The molecule has 10 heteroatoms. The van der Waals surface area contributed by atoms with E-state index in [2.05, 4.69) is 15.0 Å². The molecule has 4 rings (SSSR count). The van der Waals surface area contributed by atoms with E-state index in [-0.39, 0.29) is 32.0 Å². The van der Waals surface area contributed by atoms with E-state index >= 15 is 0 Å². The van der Waals surface area contributed by atoms with Gasteiger partial charge >= 0.3 is 6.09 Å². The van der Waals surface area contributed by atoms with Gasteiger partial charge in [-0.2, -0.15) is 0 Å². The lowest BCUT2D eigenvalue weighted by atomic mass is 10.3. The molecule has 1 saturated heterocycles. The van der Waals surface area contributed by atoms with Gasteiger partial charge in [-0.1, -0.05) is 11.6 Å². The Bertz CT molecular complexity index is 1170. The molecule has 2 aromatic heterocycles. The molecule has 2 aliphatic heterocycles. The summed E-state index contributed by atoms with van der Waals surface area (Å²) in [4.78, 5) is 39.0. The number of amides is 2. The smallest absolute Gasteiger partial charge is 0.412 e. The normalized spacial score (nSPS) is 31.8. The van der Waals surface area contributed by atoms with Crippen LogP contribution in [0.15, 0.2) is 30.7 Å². The number of aromatic nitrogens is 3. The number of ether oxygens (including phenoxy) is 1. The fourth-order valence-corrected chi connectivity index (χ4v) is 2.54. The van der Waals surface area contributed by atoms with Gasteiger partial charge in [0.1, 0.15) is 11.5 Å². The van der Waals surface area contributed by atoms with E-state index in [1.165, 1.54) is 30.7 Å². The summed E-state index contributed by atoms with van der Waals surface area (Å²) in [5.74, 6) is -0.831. The quantitative estimate of drug-likeness (QED) is 0.760. The molecule has 1 fully saturated rings. The lowest BCUT2D eigenvalue weighted by molar-refractivity contribution is 0.0476. The monoisotopic (exact) mass is 396 g/mol. The first-order chi connectivity index (χ1) is 16.1. The summed E-state index contributed by atoms with van der Waals surface area (Å²) < 4.78 is 70.4. The maximum absolute atomic E-state index is 13.3. The van der Waals surface area contributed by atoms with E-state index in [9.17, 15) is 9.59 Å². The Balaban J connectivity index is 1.79. The lowest BCUT2D eigenvalue weighted by Crippen LogP contribution is -2.48. The van der Waals surface area contributed by atoms with Crippen LogP contribution in [0.2, 0.25) is 5.02 Å². The number of carbonyl (C=O) groups is 2. The van der Waals surface area contributed by atoms with Crippen molar-refractivity contribution >= 4 is 29.4 Å². The summed E-state index contributed by atoms with van der Waals surface area (Å²) in [5.41, 5.74) is -0.374. The molecule has 0 spiro atoms. The van der Waals surface area contributed by atoms with Crippen LogP contribution in [0.3, 0.4) is 0 Å². The Hall–Kier alpha value is -2.78. The molecular formula is C17H17ClN6O3. The number of rotatable bonds is 2. The van der Waals surface area contributed by atoms with Crippen LogP contribution in [0.25, 0.3) is 0 Å². The van der Waals surface area contributed by atoms with E-state index in [0.717, 1.165) is 11.9 Å². The molecule has 0 N–H and O–H groups in total. The number of anilines is 1. The minimum Gasteiger partial charge on any atom is -0.419 e. The van der Waals surface area contributed by atoms with Crippen molar-refractivity contribution in [2.24, 2.45) is 0 Å². The first kappa shape index (κ1) is 10.5. The second-order valence-electron chi connectivity index (χ2n) is 5.38. The van der Waals surface area contributed by atoms with Gasteiger partial charge in [0.05, 0.1) is 10.5 Å². The van der Waals surface area contributed by atoms with Crippen LogP contribution < -0.4 is 4.90 Å². The van der Waals surface area contributed by atoms with Crippen LogP contribution in [0, 0.1) is 0 Å². The molecule has 0 radical (unpaired) electrons. The van der Waals surface area contributed by atoms with Gasteiger partial charge < -0.3 is 14.5 Å². The number of nitrogens with zero attached hydrogens (tertiary/aromatic N) is 6. The van der Waals surface area contributed by atoms with E-state index in [1.807, 2.05) is 0 Å². The van der Waals surface area contributed by atoms with E-state index in [4.69, 9.17) is 27.3 Å². The molecule has 0 aromatic carbocycles. The molecule has 0 aliphatic carbocycles. The van der Waals surface area contributed by atoms with Crippen molar-refractivity contribution in [3.05, 3.63) is 47.1 Å². The number of carbonyl (C=O) groups excluding carboxylic acids is 2. The number of fused-ring (bicyclic) bond motifs is 1. The van der Waals surface area contributed by atoms with Crippen LogP contribution in [0.5, 0.6) is 0 Å². The summed E-state index contributed by atoms with van der Waals surface area (Å²) in [6.45, 7) is -13.2. The molecule has 0 bridgehead atoms. The molecule has 4 heterocycles. The van der Waals surface area contributed by atoms with Crippen molar-refractivity contribution in [1.29, 1.82) is 0 Å². The number of hydrogen-bond donors (Lipinski definition) is 0. The minimum atomic E-state index is -3.41. The second kappa shape index (κ2) is 7.09. The van der Waals surface area contributed by atoms with Gasteiger partial charge in [-0.15, -0.1) is 0 Å². The summed E-state index contributed by atoms with van der Waals surface area (Å²) in [7, 11) is 0.855. The molecule has 0 unspecified atom stereocenters. The molecule has 2 amide bonds. The summed E-state index contributed by atoms with van der Waals surface area (Å²) in [5, 5.41) is 0.242. The molecule has 1 atom stereocenters. The maximum Gasteiger partial charge on any atom is 0.412 e. The Morgan fingerprint density at radius 2 is 1.96 bits per heavy atom. The van der Waals surface area contributed by atoms with Crippen LogP contribution in [0.4, 0.5) is 10.6 Å². The van der Waals surface area contributed by atoms with Gasteiger partial charge in [0.2, 0.25) is 6.23 Å². The third-order valence-corrected chi connectivity index (χ3v) is 3.85. The zero-order chi connectivity index (χ0) is 26.1. The molecule has 2 aliphatic rings. The standard InChI is InChI=1S/C17H17ClN6O3/c1-22-6-8-23(9-7-22)17(26)27-16-14-13(19-4-5-20-14)15(25)24(16)12-3-2-11(18)10-21-12/h2-5,10,16H,6-9H2,1H3/t16-/m0/s1/i6D2,7D2,8D2,9D2. The average Bonchev–Trinajstić information content (AvgIpc) is 3.04. The van der Waals surface area contributed by atoms with Gasteiger partial charge in [-0.05, 0) is 19.2 Å². The van der Waals surface area contributed by atoms with E-state index in [1.54, 1.807) is 0 Å². The van der Waals surface area contributed by atoms with Crippen molar-refractivity contribution in [1.82, 2.24) is 24.8 Å². The molecule has 140 valence electrons. The van der Waals surface area contributed by atoms with Crippen LogP contribution in [-0.4, -0.2) is 69.8 Å². The summed E-state index contributed by atoms with van der Waals surface area (Å²) >= 11 is 5.85. The van der Waals surface area contributed by atoms with Crippen LogP contribution >= 0.6 is 11.6 Å². The Morgan fingerprint density at radius 1 is 1.22 bits per heavy atom. The SMILES string of the molecule is [2H]C1([2H])N(C)C([2H])([2H])C([2H])([2H])N(C(=O)O[C@H]2c3nccnc3C(=O)N2c2ccc(Cl)cn2)C1([2H])[2H]. The zero-order valence-corrected chi connectivity index (χ0v) is 14.5. The van der Waals surface area contributed by atoms with Crippen molar-refractivity contribution in [2.45, 2.75) is 6.23 Å². The number of pyridine rings is 1. The third kappa shape index (κ3) is 3.31. The fraction of sp³-hybridized carbons (Fsp3) is 0.353. The second-order valence-corrected chi connectivity index (χ2v) is 5.81. The third-order valence-electron chi connectivity index (χ3n) is 3.63. The predicted molar refractivity (Wildman–Crippen MR) is 96.4 cm³/mol. The highest BCUT2D eigenvalue weighted by Crippen LogP contribution is 2.35. The molecule has 0 saturated carbocycles. The van der Waals surface area contributed by atoms with E-state index < -0.39 is 44.2 Å². The molecule has 2 aromatic rings. The first-order valence-electron chi connectivity index (χ1n) is 11.6. The number of piperazine rings is 1. The largest absolute Gasteiger partial charge is 0.419 e. The first-order valence-corrected chi connectivity index (χ1v) is 7.95. The lowest BCUT2D eigenvalue weighted by Gasteiger charge is -2.33. The van der Waals surface area contributed by atoms with Crippen molar-refractivity contribution in [2.75, 3.05) is 37.9 Å². The summed E-state index contributed by atoms with van der Waals surface area (Å²) in [6.07, 6.45) is 0.159. The van der Waals surface area contributed by atoms with Gasteiger partial charge in [0.15, 0.2) is 5.69 Å². The highest BCUT2D eigenvalue weighted by molar-refractivity contribution is 6.30. The fourth-order valence-electron chi connectivity index (χ4n) is 2.43. The predicted octanol–water partition coefficient (Wildman–Crippen LogP) is 1.57. The molecular weight excluding hydrogens is 372 g/mol. The Kier molecular flexibility index (Phi) is 2.76.